The first kappa shape index (κ1) is 26.7. The van der Waals surface area contributed by atoms with E-state index < -0.39 is 47.8 Å². The number of rotatable bonds is 5. The Hall–Kier alpha value is -2.86. The van der Waals surface area contributed by atoms with E-state index in [1.54, 1.807) is 25.7 Å². The number of hydrogen-bond donors (Lipinski definition) is 3. The SMILES string of the molecule is CC(C)(C)OC(=O)N1CCC(N2C[C@H](NC(=O)CNC(=O)c3cccc(C(F)(F)F)c3)[C@@H](O)C2)C1. The third-order valence-electron chi connectivity index (χ3n) is 5.86. The number of likely N-dealkylation sites (tertiary alicyclic amines) is 2. The molecule has 2 heterocycles. The quantitative estimate of drug-likeness (QED) is 0.567. The number of aliphatic hydroxyl groups excluding tert-OH is 1. The van der Waals surface area contributed by atoms with Crippen molar-refractivity contribution >= 4 is 17.9 Å². The van der Waals surface area contributed by atoms with Crippen molar-refractivity contribution in [2.75, 3.05) is 32.7 Å². The summed E-state index contributed by atoms with van der Waals surface area (Å²) in [5.74, 6) is -1.38. The van der Waals surface area contributed by atoms with Crippen LogP contribution in [-0.2, 0) is 15.7 Å². The summed E-state index contributed by atoms with van der Waals surface area (Å²) in [6.07, 6.45) is -5.10. The number of halogens is 3. The highest BCUT2D eigenvalue weighted by Gasteiger charge is 2.40. The first-order chi connectivity index (χ1) is 16.2. The van der Waals surface area contributed by atoms with Gasteiger partial charge in [-0.1, -0.05) is 6.07 Å². The summed E-state index contributed by atoms with van der Waals surface area (Å²) < 4.78 is 43.9. The molecule has 194 valence electrons. The minimum Gasteiger partial charge on any atom is -0.444 e. The lowest BCUT2D eigenvalue weighted by molar-refractivity contribution is -0.137. The highest BCUT2D eigenvalue weighted by Crippen LogP contribution is 2.29. The van der Waals surface area contributed by atoms with E-state index in [0.29, 0.717) is 38.7 Å². The molecule has 2 aliphatic rings. The van der Waals surface area contributed by atoms with Gasteiger partial charge in [0, 0.05) is 37.8 Å². The van der Waals surface area contributed by atoms with Crippen molar-refractivity contribution in [1.82, 2.24) is 20.4 Å². The lowest BCUT2D eigenvalue weighted by Gasteiger charge is -2.26. The number of carbonyl (C=O) groups is 3. The highest BCUT2D eigenvalue weighted by atomic mass is 19.4. The fraction of sp³-hybridized carbons (Fsp3) is 0.609. The maximum atomic E-state index is 12.8. The Kier molecular flexibility index (Phi) is 7.95. The van der Waals surface area contributed by atoms with Crippen molar-refractivity contribution in [1.29, 1.82) is 0 Å². The topological polar surface area (TPSA) is 111 Å². The standard InChI is InChI=1S/C23H31F3N4O5/c1-22(2,3)35-21(34)29-8-7-16(11-29)30-12-17(18(31)13-30)28-19(32)10-27-20(33)14-5-4-6-15(9-14)23(24,25)26/h4-6,9,16-18,31H,7-8,10-13H2,1-3H3,(H,27,33)(H,28,32)/t16?,17-,18-/m0/s1. The van der Waals surface area contributed by atoms with Gasteiger partial charge in [0.15, 0.2) is 0 Å². The molecule has 3 atom stereocenters. The summed E-state index contributed by atoms with van der Waals surface area (Å²) in [4.78, 5) is 40.4. The molecule has 0 aromatic heterocycles. The highest BCUT2D eigenvalue weighted by molar-refractivity contribution is 5.96. The summed E-state index contributed by atoms with van der Waals surface area (Å²) in [5.41, 5.74) is -1.76. The lowest BCUT2D eigenvalue weighted by atomic mass is 10.1. The molecule has 1 unspecified atom stereocenters. The summed E-state index contributed by atoms with van der Waals surface area (Å²) in [5, 5.41) is 15.4. The van der Waals surface area contributed by atoms with Crippen LogP contribution in [0.1, 0.15) is 43.1 Å². The average Bonchev–Trinajstić information content (AvgIpc) is 3.38. The molecule has 0 aliphatic carbocycles. The first-order valence-electron chi connectivity index (χ1n) is 11.4. The Morgan fingerprint density at radius 3 is 2.51 bits per heavy atom. The molecule has 2 fully saturated rings. The first-order valence-corrected chi connectivity index (χ1v) is 11.4. The van der Waals surface area contributed by atoms with Crippen molar-refractivity contribution in [2.45, 2.75) is 57.2 Å². The second kappa shape index (κ2) is 10.4. The van der Waals surface area contributed by atoms with Crippen LogP contribution in [0.25, 0.3) is 0 Å². The molecule has 1 aromatic carbocycles. The van der Waals surface area contributed by atoms with E-state index in [-0.39, 0.29) is 17.7 Å². The van der Waals surface area contributed by atoms with Crippen LogP contribution in [0.5, 0.6) is 0 Å². The fourth-order valence-electron chi connectivity index (χ4n) is 4.15. The van der Waals surface area contributed by atoms with Crippen LogP contribution in [-0.4, -0.2) is 89.3 Å². The maximum Gasteiger partial charge on any atom is 0.416 e. The summed E-state index contributed by atoms with van der Waals surface area (Å²) in [7, 11) is 0. The van der Waals surface area contributed by atoms with Gasteiger partial charge in [0.05, 0.1) is 24.3 Å². The number of benzene rings is 1. The third-order valence-corrected chi connectivity index (χ3v) is 5.86. The number of nitrogens with zero attached hydrogens (tertiary/aromatic N) is 2. The molecule has 9 nitrogen and oxygen atoms in total. The molecular formula is C23H31F3N4O5. The van der Waals surface area contributed by atoms with E-state index in [9.17, 15) is 32.7 Å². The zero-order chi connectivity index (χ0) is 26.0. The molecule has 3 amide bonds. The van der Waals surface area contributed by atoms with Crippen LogP contribution in [0, 0.1) is 0 Å². The Balaban J connectivity index is 1.46. The van der Waals surface area contributed by atoms with E-state index in [4.69, 9.17) is 4.74 Å². The number of ether oxygens (including phenoxy) is 1. The number of alkyl halides is 3. The smallest absolute Gasteiger partial charge is 0.416 e. The van der Waals surface area contributed by atoms with Gasteiger partial charge in [-0.15, -0.1) is 0 Å². The van der Waals surface area contributed by atoms with E-state index in [2.05, 4.69) is 10.6 Å². The third kappa shape index (κ3) is 7.31. The van der Waals surface area contributed by atoms with Crippen LogP contribution in [0.2, 0.25) is 0 Å². The molecule has 3 N–H and O–H groups in total. The molecule has 35 heavy (non-hydrogen) atoms. The maximum absolute atomic E-state index is 12.8. The number of carbonyl (C=O) groups excluding carboxylic acids is 3. The average molecular weight is 501 g/mol. The van der Waals surface area contributed by atoms with Crippen LogP contribution in [0.3, 0.4) is 0 Å². The molecule has 2 aliphatic heterocycles. The lowest BCUT2D eigenvalue weighted by Crippen LogP contribution is -2.47. The summed E-state index contributed by atoms with van der Waals surface area (Å²) in [6.45, 7) is 6.60. The Bertz CT molecular complexity index is 950. The number of nitrogens with one attached hydrogen (secondary N) is 2. The zero-order valence-electron chi connectivity index (χ0n) is 19.9. The molecular weight excluding hydrogens is 469 g/mol. The molecule has 2 saturated heterocycles. The van der Waals surface area contributed by atoms with Crippen molar-refractivity contribution in [2.24, 2.45) is 0 Å². The molecule has 12 heteroatoms. The monoisotopic (exact) mass is 500 g/mol. The molecule has 0 radical (unpaired) electrons. The van der Waals surface area contributed by atoms with Crippen molar-refractivity contribution in [3.8, 4) is 0 Å². The van der Waals surface area contributed by atoms with Crippen LogP contribution in [0.4, 0.5) is 18.0 Å². The van der Waals surface area contributed by atoms with E-state index in [1.165, 1.54) is 6.07 Å². The number of β-amino-alcohol motifs (C(OH)–C–C–N with tert-alkyl or cyclic N) is 1. The minimum atomic E-state index is -4.58. The predicted molar refractivity (Wildman–Crippen MR) is 119 cm³/mol. The van der Waals surface area contributed by atoms with E-state index >= 15 is 0 Å². The molecule has 0 saturated carbocycles. The molecule has 0 spiro atoms. The Labute approximate surface area is 201 Å². The van der Waals surface area contributed by atoms with Gasteiger partial charge in [-0.3, -0.25) is 14.5 Å². The van der Waals surface area contributed by atoms with E-state index in [0.717, 1.165) is 12.1 Å². The predicted octanol–water partition coefficient (Wildman–Crippen LogP) is 1.61. The minimum absolute atomic E-state index is 0.0136. The Morgan fingerprint density at radius 1 is 1.14 bits per heavy atom. The van der Waals surface area contributed by atoms with Gasteiger partial charge in [-0.05, 0) is 45.4 Å². The van der Waals surface area contributed by atoms with Gasteiger partial charge in [-0.25, -0.2) is 4.79 Å². The van der Waals surface area contributed by atoms with E-state index in [1.807, 2.05) is 4.90 Å². The van der Waals surface area contributed by atoms with Crippen molar-refractivity contribution < 1.29 is 37.4 Å². The van der Waals surface area contributed by atoms with Crippen molar-refractivity contribution in [3.05, 3.63) is 35.4 Å². The number of hydrogen-bond acceptors (Lipinski definition) is 6. The fourth-order valence-corrected chi connectivity index (χ4v) is 4.15. The van der Waals surface area contributed by atoms with Crippen LogP contribution < -0.4 is 10.6 Å². The van der Waals surface area contributed by atoms with Gasteiger partial charge in [0.2, 0.25) is 5.91 Å². The van der Waals surface area contributed by atoms with Crippen LogP contribution >= 0.6 is 0 Å². The zero-order valence-corrected chi connectivity index (χ0v) is 19.9. The van der Waals surface area contributed by atoms with Gasteiger partial charge in [0.25, 0.3) is 5.91 Å². The molecule has 0 bridgehead atoms. The van der Waals surface area contributed by atoms with Crippen molar-refractivity contribution in [3.63, 3.8) is 0 Å². The molecule has 1 aromatic rings. The van der Waals surface area contributed by atoms with Gasteiger partial charge in [0.1, 0.15) is 5.60 Å². The van der Waals surface area contributed by atoms with Gasteiger partial charge < -0.3 is 25.4 Å². The second-order valence-electron chi connectivity index (χ2n) is 9.83. The molecule has 3 rings (SSSR count). The normalized spacial score (nSPS) is 23.3. The summed E-state index contributed by atoms with van der Waals surface area (Å²) in [6, 6.07) is 3.35. The van der Waals surface area contributed by atoms with Gasteiger partial charge >= 0.3 is 12.3 Å². The second-order valence-corrected chi connectivity index (χ2v) is 9.83. The Morgan fingerprint density at radius 2 is 1.86 bits per heavy atom. The largest absolute Gasteiger partial charge is 0.444 e. The van der Waals surface area contributed by atoms with Crippen LogP contribution in [0.15, 0.2) is 24.3 Å². The summed E-state index contributed by atoms with van der Waals surface area (Å²) >= 11 is 0. The number of aliphatic hydroxyl groups is 1. The van der Waals surface area contributed by atoms with Gasteiger partial charge in [-0.2, -0.15) is 13.2 Å². The number of amides is 3.